The van der Waals surface area contributed by atoms with Crippen LogP contribution in [0, 0.1) is 6.92 Å². The van der Waals surface area contributed by atoms with E-state index < -0.39 is 0 Å². The standard InChI is InChI=1S/C14H26N4/c1-5-9-15-14-13(11(3)16-17(14)4)10-18(6-2)12-7-8-12/h12,15H,5-10H2,1-4H3. The Balaban J connectivity index is 2.13. The van der Waals surface area contributed by atoms with Crippen molar-refractivity contribution in [3.63, 3.8) is 0 Å². The summed E-state index contributed by atoms with van der Waals surface area (Å²) in [5, 5.41) is 8.07. The summed E-state index contributed by atoms with van der Waals surface area (Å²) in [6.07, 6.45) is 3.87. The van der Waals surface area contributed by atoms with Gasteiger partial charge in [-0.1, -0.05) is 13.8 Å². The minimum Gasteiger partial charge on any atom is -0.370 e. The Morgan fingerprint density at radius 3 is 2.67 bits per heavy atom. The molecule has 1 aromatic rings. The van der Waals surface area contributed by atoms with Crippen LogP contribution in [-0.4, -0.2) is 33.8 Å². The predicted octanol–water partition coefficient (Wildman–Crippen LogP) is 2.53. The van der Waals surface area contributed by atoms with Gasteiger partial charge in [-0.15, -0.1) is 0 Å². The molecule has 0 unspecified atom stereocenters. The summed E-state index contributed by atoms with van der Waals surface area (Å²) in [4.78, 5) is 2.57. The third kappa shape index (κ3) is 2.86. The number of rotatable bonds is 7. The van der Waals surface area contributed by atoms with E-state index in [2.05, 4.69) is 36.1 Å². The quantitative estimate of drug-likeness (QED) is 0.807. The minimum absolute atomic E-state index is 0.814. The fraction of sp³-hybridized carbons (Fsp3) is 0.786. The van der Waals surface area contributed by atoms with E-state index in [0.717, 1.165) is 37.8 Å². The maximum Gasteiger partial charge on any atom is 0.128 e. The van der Waals surface area contributed by atoms with Crippen LogP contribution in [0.2, 0.25) is 0 Å². The lowest BCUT2D eigenvalue weighted by Gasteiger charge is -2.20. The second-order valence-corrected chi connectivity index (χ2v) is 5.26. The highest BCUT2D eigenvalue weighted by Crippen LogP contribution is 2.30. The monoisotopic (exact) mass is 250 g/mol. The van der Waals surface area contributed by atoms with E-state index in [1.165, 1.54) is 24.2 Å². The Kier molecular flexibility index (Phi) is 4.27. The molecule has 1 N–H and O–H groups in total. The van der Waals surface area contributed by atoms with Crippen molar-refractivity contribution >= 4 is 5.82 Å². The number of aryl methyl sites for hydroxylation is 2. The lowest BCUT2D eigenvalue weighted by molar-refractivity contribution is 0.269. The third-order valence-corrected chi connectivity index (χ3v) is 3.72. The van der Waals surface area contributed by atoms with Gasteiger partial charge in [0.2, 0.25) is 0 Å². The summed E-state index contributed by atoms with van der Waals surface area (Å²) < 4.78 is 1.99. The molecule has 18 heavy (non-hydrogen) atoms. The first-order chi connectivity index (χ1) is 8.67. The van der Waals surface area contributed by atoms with E-state index in [4.69, 9.17) is 0 Å². The van der Waals surface area contributed by atoms with Gasteiger partial charge in [0, 0.05) is 31.7 Å². The molecule has 4 heteroatoms. The molecular formula is C14H26N4. The van der Waals surface area contributed by atoms with Crippen molar-refractivity contribution in [3.8, 4) is 0 Å². The van der Waals surface area contributed by atoms with Gasteiger partial charge in [0.1, 0.15) is 5.82 Å². The third-order valence-electron chi connectivity index (χ3n) is 3.72. The molecule has 0 atom stereocenters. The zero-order valence-electron chi connectivity index (χ0n) is 12.2. The van der Waals surface area contributed by atoms with Crippen LogP contribution in [0.15, 0.2) is 0 Å². The minimum atomic E-state index is 0.814. The molecule has 0 aromatic carbocycles. The Hall–Kier alpha value is -1.03. The zero-order chi connectivity index (χ0) is 13.1. The molecule has 4 nitrogen and oxygen atoms in total. The Labute approximate surface area is 110 Å². The highest BCUT2D eigenvalue weighted by molar-refractivity contribution is 5.47. The molecule has 1 aliphatic carbocycles. The Morgan fingerprint density at radius 1 is 1.39 bits per heavy atom. The van der Waals surface area contributed by atoms with Crippen LogP contribution in [-0.2, 0) is 13.6 Å². The number of aromatic nitrogens is 2. The van der Waals surface area contributed by atoms with Crippen molar-refractivity contribution in [3.05, 3.63) is 11.3 Å². The highest BCUT2D eigenvalue weighted by atomic mass is 15.3. The van der Waals surface area contributed by atoms with Crippen LogP contribution in [0.1, 0.15) is 44.4 Å². The normalized spacial score (nSPS) is 15.4. The molecular weight excluding hydrogens is 224 g/mol. The molecule has 1 saturated carbocycles. The number of hydrogen-bond donors (Lipinski definition) is 1. The fourth-order valence-corrected chi connectivity index (χ4v) is 2.50. The predicted molar refractivity (Wildman–Crippen MR) is 75.8 cm³/mol. The summed E-state index contributed by atoms with van der Waals surface area (Å²) >= 11 is 0. The number of hydrogen-bond acceptors (Lipinski definition) is 3. The number of nitrogens with zero attached hydrogens (tertiary/aromatic N) is 3. The fourth-order valence-electron chi connectivity index (χ4n) is 2.50. The first kappa shape index (κ1) is 13.4. The van der Waals surface area contributed by atoms with Gasteiger partial charge in [0.25, 0.3) is 0 Å². The van der Waals surface area contributed by atoms with Crippen molar-refractivity contribution in [2.45, 2.75) is 52.6 Å². The topological polar surface area (TPSA) is 33.1 Å². The number of nitrogens with one attached hydrogen (secondary N) is 1. The first-order valence-corrected chi connectivity index (χ1v) is 7.17. The van der Waals surface area contributed by atoms with E-state index in [9.17, 15) is 0 Å². The lowest BCUT2D eigenvalue weighted by atomic mass is 10.2. The Bertz CT molecular complexity index is 393. The van der Waals surface area contributed by atoms with Crippen LogP contribution >= 0.6 is 0 Å². The van der Waals surface area contributed by atoms with E-state index in [-0.39, 0.29) is 0 Å². The van der Waals surface area contributed by atoms with Gasteiger partial charge >= 0.3 is 0 Å². The van der Waals surface area contributed by atoms with Crippen molar-refractivity contribution in [2.75, 3.05) is 18.4 Å². The van der Waals surface area contributed by atoms with Crippen molar-refractivity contribution in [2.24, 2.45) is 7.05 Å². The molecule has 0 bridgehead atoms. The Morgan fingerprint density at radius 2 is 2.11 bits per heavy atom. The highest BCUT2D eigenvalue weighted by Gasteiger charge is 2.29. The van der Waals surface area contributed by atoms with E-state index in [1.54, 1.807) is 0 Å². The zero-order valence-corrected chi connectivity index (χ0v) is 12.2. The van der Waals surface area contributed by atoms with Crippen LogP contribution in [0.25, 0.3) is 0 Å². The summed E-state index contributed by atoms with van der Waals surface area (Å²) in [6, 6.07) is 0.814. The van der Waals surface area contributed by atoms with Crippen molar-refractivity contribution in [1.82, 2.24) is 14.7 Å². The largest absolute Gasteiger partial charge is 0.370 e. The molecule has 0 aliphatic heterocycles. The van der Waals surface area contributed by atoms with Crippen LogP contribution in [0.5, 0.6) is 0 Å². The van der Waals surface area contributed by atoms with Gasteiger partial charge in [-0.3, -0.25) is 9.58 Å². The molecule has 1 aliphatic rings. The molecule has 0 amide bonds. The maximum absolute atomic E-state index is 4.56. The van der Waals surface area contributed by atoms with Crippen LogP contribution < -0.4 is 5.32 Å². The summed E-state index contributed by atoms with van der Waals surface area (Å²) in [5.41, 5.74) is 2.54. The molecule has 1 fully saturated rings. The van der Waals surface area contributed by atoms with E-state index >= 15 is 0 Å². The van der Waals surface area contributed by atoms with Gasteiger partial charge in [-0.2, -0.15) is 5.10 Å². The van der Waals surface area contributed by atoms with E-state index in [0.29, 0.717) is 0 Å². The molecule has 1 aromatic heterocycles. The SMILES string of the molecule is CCCNc1c(CN(CC)C2CC2)c(C)nn1C. The molecule has 0 radical (unpaired) electrons. The second kappa shape index (κ2) is 5.74. The molecule has 0 spiro atoms. The van der Waals surface area contributed by atoms with Crippen molar-refractivity contribution < 1.29 is 0 Å². The molecule has 2 rings (SSSR count). The average Bonchev–Trinajstić information content (AvgIpc) is 3.13. The summed E-state index contributed by atoms with van der Waals surface area (Å²) in [5.74, 6) is 1.20. The molecule has 1 heterocycles. The van der Waals surface area contributed by atoms with Crippen LogP contribution in [0.4, 0.5) is 5.82 Å². The van der Waals surface area contributed by atoms with Crippen molar-refractivity contribution in [1.29, 1.82) is 0 Å². The van der Waals surface area contributed by atoms with E-state index in [1.807, 2.05) is 11.7 Å². The maximum atomic E-state index is 4.56. The number of anilines is 1. The van der Waals surface area contributed by atoms with Gasteiger partial charge in [0.05, 0.1) is 5.69 Å². The second-order valence-electron chi connectivity index (χ2n) is 5.26. The van der Waals surface area contributed by atoms with Gasteiger partial charge in [-0.05, 0) is 32.7 Å². The molecule has 0 saturated heterocycles. The van der Waals surface area contributed by atoms with Crippen LogP contribution in [0.3, 0.4) is 0 Å². The smallest absolute Gasteiger partial charge is 0.128 e. The lowest BCUT2D eigenvalue weighted by Crippen LogP contribution is -2.25. The summed E-state index contributed by atoms with van der Waals surface area (Å²) in [6.45, 7) is 9.75. The average molecular weight is 250 g/mol. The van der Waals surface area contributed by atoms with Gasteiger partial charge in [-0.25, -0.2) is 0 Å². The first-order valence-electron chi connectivity index (χ1n) is 7.17. The molecule has 102 valence electrons. The van der Waals surface area contributed by atoms with Gasteiger partial charge < -0.3 is 5.32 Å². The summed E-state index contributed by atoms with van der Waals surface area (Å²) in [7, 11) is 2.03. The van der Waals surface area contributed by atoms with Gasteiger partial charge in [0.15, 0.2) is 0 Å².